The molecule has 0 amide bonds. The second kappa shape index (κ2) is 6.91. The minimum absolute atomic E-state index is 0.729. The van der Waals surface area contributed by atoms with Crippen molar-refractivity contribution in [2.45, 2.75) is 71.4 Å². The molecule has 1 saturated heterocycles. The smallest absolute Gasteiger partial charge is 0.0221 e. The van der Waals surface area contributed by atoms with E-state index < -0.39 is 0 Å². The zero-order chi connectivity index (χ0) is 13.0. The van der Waals surface area contributed by atoms with E-state index in [1.165, 1.54) is 58.2 Å². The van der Waals surface area contributed by atoms with Gasteiger partial charge in [0.25, 0.3) is 0 Å². The molecule has 2 nitrogen and oxygen atoms in total. The van der Waals surface area contributed by atoms with Crippen LogP contribution in [0.3, 0.4) is 0 Å². The Bertz CT molecular complexity index is 233. The Morgan fingerprint density at radius 3 is 2.50 bits per heavy atom. The van der Waals surface area contributed by atoms with Crippen LogP contribution in [0.2, 0.25) is 0 Å². The van der Waals surface area contributed by atoms with Gasteiger partial charge in [-0.25, -0.2) is 0 Å². The Balaban J connectivity index is 1.82. The van der Waals surface area contributed by atoms with Gasteiger partial charge in [-0.05, 0) is 37.5 Å². The van der Waals surface area contributed by atoms with Crippen molar-refractivity contribution in [2.24, 2.45) is 11.8 Å². The molecule has 0 aromatic rings. The lowest BCUT2D eigenvalue weighted by molar-refractivity contribution is 0.0877. The molecule has 0 aromatic heterocycles. The van der Waals surface area contributed by atoms with Crippen molar-refractivity contribution in [3.05, 3.63) is 0 Å². The molecule has 2 aliphatic rings. The van der Waals surface area contributed by atoms with Gasteiger partial charge < -0.3 is 5.32 Å². The first-order chi connectivity index (χ1) is 8.74. The van der Waals surface area contributed by atoms with Gasteiger partial charge in [-0.2, -0.15) is 0 Å². The van der Waals surface area contributed by atoms with Gasteiger partial charge in [0.2, 0.25) is 0 Å². The zero-order valence-electron chi connectivity index (χ0n) is 12.6. The van der Waals surface area contributed by atoms with Crippen LogP contribution >= 0.6 is 0 Å². The molecule has 2 heteroatoms. The van der Waals surface area contributed by atoms with Crippen molar-refractivity contribution in [3.8, 4) is 0 Å². The summed E-state index contributed by atoms with van der Waals surface area (Å²) in [6, 6.07) is 1.62. The molecule has 1 N–H and O–H groups in total. The van der Waals surface area contributed by atoms with E-state index in [0.29, 0.717) is 0 Å². The highest BCUT2D eigenvalue weighted by Crippen LogP contribution is 2.30. The maximum atomic E-state index is 3.72. The van der Waals surface area contributed by atoms with Crippen LogP contribution in [-0.2, 0) is 0 Å². The molecule has 0 radical (unpaired) electrons. The molecular weight excluding hydrogens is 220 g/mol. The van der Waals surface area contributed by atoms with Crippen molar-refractivity contribution < 1.29 is 0 Å². The number of rotatable bonds is 4. The largest absolute Gasteiger partial charge is 0.311 e. The second-order valence-electron chi connectivity index (χ2n) is 6.52. The Hall–Kier alpha value is -0.0800. The average molecular weight is 252 g/mol. The highest BCUT2D eigenvalue weighted by atomic mass is 15.2. The fraction of sp³-hybridized carbons (Fsp3) is 1.00. The van der Waals surface area contributed by atoms with Crippen LogP contribution < -0.4 is 5.32 Å². The number of nitrogens with zero attached hydrogens (tertiary/aromatic N) is 1. The fourth-order valence-corrected chi connectivity index (χ4v) is 3.72. The molecule has 1 aliphatic heterocycles. The molecule has 2 rings (SSSR count). The van der Waals surface area contributed by atoms with E-state index in [1.54, 1.807) is 0 Å². The van der Waals surface area contributed by atoms with Gasteiger partial charge in [0.05, 0.1) is 0 Å². The molecule has 2 unspecified atom stereocenters. The summed E-state index contributed by atoms with van der Waals surface area (Å²) >= 11 is 0. The molecule has 18 heavy (non-hydrogen) atoms. The third-order valence-electron chi connectivity index (χ3n) is 5.48. The standard InChI is InChI=1S/C16H32N2/c1-4-13(3)16-12-18(11-10-17-16)15-8-6-14(5-2)7-9-15/h13-17H,4-12H2,1-3H3. The van der Waals surface area contributed by atoms with Crippen LogP contribution in [0.25, 0.3) is 0 Å². The molecule has 1 saturated carbocycles. The van der Waals surface area contributed by atoms with Gasteiger partial charge in [0.1, 0.15) is 0 Å². The number of nitrogens with one attached hydrogen (secondary N) is 1. The van der Waals surface area contributed by atoms with Gasteiger partial charge in [0, 0.05) is 31.7 Å². The minimum atomic E-state index is 0.729. The van der Waals surface area contributed by atoms with Crippen molar-refractivity contribution in [2.75, 3.05) is 19.6 Å². The van der Waals surface area contributed by atoms with Crippen molar-refractivity contribution >= 4 is 0 Å². The first-order valence-corrected chi connectivity index (χ1v) is 8.22. The molecule has 0 aromatic carbocycles. The van der Waals surface area contributed by atoms with Gasteiger partial charge in [-0.15, -0.1) is 0 Å². The highest BCUT2D eigenvalue weighted by Gasteiger charge is 2.30. The molecule has 106 valence electrons. The molecule has 2 atom stereocenters. The van der Waals surface area contributed by atoms with Crippen molar-refractivity contribution in [3.63, 3.8) is 0 Å². The minimum Gasteiger partial charge on any atom is -0.311 e. The third kappa shape index (κ3) is 3.48. The second-order valence-corrected chi connectivity index (χ2v) is 6.52. The Labute approximate surface area is 114 Å². The monoisotopic (exact) mass is 252 g/mol. The SMILES string of the molecule is CCC1CCC(N2CCNC(C(C)CC)C2)CC1. The number of piperazine rings is 1. The summed E-state index contributed by atoms with van der Waals surface area (Å²) in [5.41, 5.74) is 0. The summed E-state index contributed by atoms with van der Waals surface area (Å²) in [7, 11) is 0. The lowest BCUT2D eigenvalue weighted by atomic mass is 9.83. The Kier molecular flexibility index (Phi) is 5.50. The number of hydrogen-bond donors (Lipinski definition) is 1. The predicted octanol–water partition coefficient (Wildman–Crippen LogP) is 3.28. The fourth-order valence-electron chi connectivity index (χ4n) is 3.72. The van der Waals surface area contributed by atoms with E-state index in [1.807, 2.05) is 0 Å². The van der Waals surface area contributed by atoms with Gasteiger partial charge in [0.15, 0.2) is 0 Å². The van der Waals surface area contributed by atoms with E-state index in [0.717, 1.165) is 23.9 Å². The normalized spacial score (nSPS) is 36.5. The molecule has 2 fully saturated rings. The number of hydrogen-bond acceptors (Lipinski definition) is 2. The van der Waals surface area contributed by atoms with Gasteiger partial charge >= 0.3 is 0 Å². The van der Waals surface area contributed by atoms with E-state index in [4.69, 9.17) is 0 Å². The van der Waals surface area contributed by atoms with E-state index in [9.17, 15) is 0 Å². The van der Waals surface area contributed by atoms with E-state index >= 15 is 0 Å². The lowest BCUT2D eigenvalue weighted by Crippen LogP contribution is -2.56. The maximum absolute atomic E-state index is 3.72. The summed E-state index contributed by atoms with van der Waals surface area (Å²) in [5.74, 6) is 1.84. The van der Waals surface area contributed by atoms with Crippen LogP contribution in [0, 0.1) is 11.8 Å². The topological polar surface area (TPSA) is 15.3 Å². The van der Waals surface area contributed by atoms with Crippen LogP contribution in [0.15, 0.2) is 0 Å². The van der Waals surface area contributed by atoms with Crippen LogP contribution in [-0.4, -0.2) is 36.6 Å². The summed E-state index contributed by atoms with van der Waals surface area (Å²) in [4.78, 5) is 2.79. The van der Waals surface area contributed by atoms with Crippen molar-refractivity contribution in [1.82, 2.24) is 10.2 Å². The average Bonchev–Trinajstić information content (AvgIpc) is 2.46. The van der Waals surface area contributed by atoms with Crippen LogP contribution in [0.5, 0.6) is 0 Å². The molecular formula is C16H32N2. The first-order valence-electron chi connectivity index (χ1n) is 8.22. The molecule has 0 spiro atoms. The molecule has 0 bridgehead atoms. The van der Waals surface area contributed by atoms with Gasteiger partial charge in [-0.1, -0.05) is 33.6 Å². The van der Waals surface area contributed by atoms with Crippen molar-refractivity contribution in [1.29, 1.82) is 0 Å². The van der Waals surface area contributed by atoms with E-state index in [-0.39, 0.29) is 0 Å². The van der Waals surface area contributed by atoms with Crippen LogP contribution in [0.1, 0.15) is 59.3 Å². The first kappa shape index (κ1) is 14.3. The maximum Gasteiger partial charge on any atom is 0.0221 e. The van der Waals surface area contributed by atoms with E-state index in [2.05, 4.69) is 31.0 Å². The van der Waals surface area contributed by atoms with Crippen LogP contribution in [0.4, 0.5) is 0 Å². The third-order valence-corrected chi connectivity index (χ3v) is 5.48. The molecule has 1 aliphatic carbocycles. The Morgan fingerprint density at radius 2 is 1.89 bits per heavy atom. The predicted molar refractivity (Wildman–Crippen MR) is 78.9 cm³/mol. The zero-order valence-corrected chi connectivity index (χ0v) is 12.6. The summed E-state index contributed by atoms with van der Waals surface area (Å²) in [6.07, 6.45) is 8.54. The molecule has 1 heterocycles. The van der Waals surface area contributed by atoms with Gasteiger partial charge in [-0.3, -0.25) is 4.90 Å². The highest BCUT2D eigenvalue weighted by molar-refractivity contribution is 4.87. The quantitative estimate of drug-likeness (QED) is 0.826. The summed E-state index contributed by atoms with van der Waals surface area (Å²) in [6.45, 7) is 10.8. The Morgan fingerprint density at radius 1 is 1.17 bits per heavy atom. The summed E-state index contributed by atoms with van der Waals surface area (Å²) in [5, 5.41) is 3.72. The summed E-state index contributed by atoms with van der Waals surface area (Å²) < 4.78 is 0. The lowest BCUT2D eigenvalue weighted by Gasteiger charge is -2.43.